The van der Waals surface area contributed by atoms with Gasteiger partial charge in [-0.15, -0.1) is 0 Å². The summed E-state index contributed by atoms with van der Waals surface area (Å²) in [5.74, 6) is -1.25. The first-order chi connectivity index (χ1) is 8.45. The summed E-state index contributed by atoms with van der Waals surface area (Å²) in [6.07, 6.45) is -0.164. The van der Waals surface area contributed by atoms with Gasteiger partial charge in [0.25, 0.3) is 0 Å². The highest BCUT2D eigenvalue weighted by atomic mass is 16.2. The Labute approximate surface area is 105 Å². The summed E-state index contributed by atoms with van der Waals surface area (Å²) in [6, 6.07) is 7.83. The normalized spacial score (nSPS) is 11.3. The minimum Gasteiger partial charge on any atom is -0.370 e. The zero-order valence-corrected chi connectivity index (χ0v) is 9.96. The zero-order valence-electron chi connectivity index (χ0n) is 9.96. The van der Waals surface area contributed by atoms with E-state index in [1.165, 1.54) is 4.90 Å². The van der Waals surface area contributed by atoms with Crippen LogP contribution in [0, 0.1) is 11.3 Å². The van der Waals surface area contributed by atoms with Gasteiger partial charge in [0.15, 0.2) is 0 Å². The Bertz CT molecular complexity index is 507. The number of rotatable bonds is 5. The van der Waals surface area contributed by atoms with Crippen LogP contribution in [0.5, 0.6) is 0 Å². The van der Waals surface area contributed by atoms with Crippen LogP contribution in [0.1, 0.15) is 12.0 Å². The third-order valence-corrected chi connectivity index (χ3v) is 2.57. The van der Waals surface area contributed by atoms with Crippen LogP contribution in [0.3, 0.4) is 0 Å². The van der Waals surface area contributed by atoms with Gasteiger partial charge in [0.2, 0.25) is 11.8 Å². The first-order valence-electron chi connectivity index (χ1n) is 5.26. The second-order valence-corrected chi connectivity index (χ2v) is 3.86. The Hall–Kier alpha value is -2.55. The Morgan fingerprint density at radius 3 is 2.61 bits per heavy atom. The summed E-state index contributed by atoms with van der Waals surface area (Å²) in [5, 5.41) is 8.80. The lowest BCUT2D eigenvalue weighted by molar-refractivity contribution is -0.124. The van der Waals surface area contributed by atoms with E-state index in [4.69, 9.17) is 16.7 Å². The summed E-state index contributed by atoms with van der Waals surface area (Å²) in [6.45, 7) is 0. The highest BCUT2D eigenvalue weighted by Crippen LogP contribution is 2.18. The number of nitrogens with two attached hydrogens (primary N) is 2. The van der Waals surface area contributed by atoms with Gasteiger partial charge in [-0.1, -0.05) is 6.07 Å². The van der Waals surface area contributed by atoms with Gasteiger partial charge in [0.1, 0.15) is 6.04 Å². The molecule has 0 aliphatic carbocycles. The molecule has 0 aliphatic heterocycles. The highest BCUT2D eigenvalue weighted by molar-refractivity contribution is 5.89. The van der Waals surface area contributed by atoms with E-state index in [0.717, 1.165) is 0 Å². The van der Waals surface area contributed by atoms with Crippen LogP contribution in [-0.4, -0.2) is 24.9 Å². The molecule has 18 heavy (non-hydrogen) atoms. The molecule has 1 atom stereocenters. The van der Waals surface area contributed by atoms with Crippen molar-refractivity contribution >= 4 is 17.5 Å². The highest BCUT2D eigenvalue weighted by Gasteiger charge is 2.23. The summed E-state index contributed by atoms with van der Waals surface area (Å²) in [7, 11) is 1.62. The lowest BCUT2D eigenvalue weighted by Gasteiger charge is -2.26. The molecule has 0 aromatic heterocycles. The number of primary amides is 2. The fourth-order valence-electron chi connectivity index (χ4n) is 1.59. The van der Waals surface area contributed by atoms with E-state index in [1.54, 1.807) is 31.3 Å². The lowest BCUT2D eigenvalue weighted by atomic mass is 10.1. The molecule has 0 unspecified atom stereocenters. The second kappa shape index (κ2) is 5.68. The van der Waals surface area contributed by atoms with Crippen LogP contribution < -0.4 is 16.4 Å². The number of likely N-dealkylation sites (N-methyl/N-ethyl adjacent to an activating group) is 1. The minimum absolute atomic E-state index is 0.164. The van der Waals surface area contributed by atoms with Crippen LogP contribution in [0.2, 0.25) is 0 Å². The van der Waals surface area contributed by atoms with Crippen molar-refractivity contribution in [3.8, 4) is 6.07 Å². The Morgan fingerprint density at radius 2 is 2.11 bits per heavy atom. The number of benzene rings is 1. The lowest BCUT2D eigenvalue weighted by Crippen LogP contribution is -2.45. The van der Waals surface area contributed by atoms with Gasteiger partial charge in [-0.25, -0.2) is 0 Å². The van der Waals surface area contributed by atoms with E-state index >= 15 is 0 Å². The number of hydrogen-bond acceptors (Lipinski definition) is 4. The van der Waals surface area contributed by atoms with Crippen LogP contribution >= 0.6 is 0 Å². The van der Waals surface area contributed by atoms with Gasteiger partial charge in [0.05, 0.1) is 18.1 Å². The van der Waals surface area contributed by atoms with E-state index in [-0.39, 0.29) is 6.42 Å². The molecule has 0 aliphatic rings. The molecule has 2 amide bonds. The van der Waals surface area contributed by atoms with Gasteiger partial charge in [0, 0.05) is 12.7 Å². The van der Waals surface area contributed by atoms with E-state index in [0.29, 0.717) is 11.3 Å². The molecular formula is C12H14N4O2. The fraction of sp³-hybridized carbons (Fsp3) is 0.250. The van der Waals surface area contributed by atoms with E-state index in [9.17, 15) is 9.59 Å². The molecule has 6 heteroatoms. The maximum absolute atomic E-state index is 11.3. The molecule has 1 aromatic carbocycles. The molecule has 94 valence electrons. The van der Waals surface area contributed by atoms with E-state index in [1.807, 2.05) is 6.07 Å². The SMILES string of the molecule is CN(c1cccc(C#N)c1)[C@@H](CC(N)=O)C(N)=O. The van der Waals surface area contributed by atoms with E-state index < -0.39 is 17.9 Å². The second-order valence-electron chi connectivity index (χ2n) is 3.86. The van der Waals surface area contributed by atoms with Crippen molar-refractivity contribution in [1.29, 1.82) is 5.26 Å². The summed E-state index contributed by atoms with van der Waals surface area (Å²) in [4.78, 5) is 23.8. The first kappa shape index (κ1) is 13.5. The molecule has 0 heterocycles. The molecular weight excluding hydrogens is 232 g/mol. The van der Waals surface area contributed by atoms with E-state index in [2.05, 4.69) is 0 Å². The Balaban J connectivity index is 3.01. The number of hydrogen-bond donors (Lipinski definition) is 2. The Kier molecular flexibility index (Phi) is 4.27. The average Bonchev–Trinajstić information content (AvgIpc) is 2.34. The fourth-order valence-corrected chi connectivity index (χ4v) is 1.59. The van der Waals surface area contributed by atoms with Crippen LogP contribution in [0.15, 0.2) is 24.3 Å². The monoisotopic (exact) mass is 246 g/mol. The molecule has 1 aromatic rings. The van der Waals surface area contributed by atoms with Crippen molar-refractivity contribution in [3.63, 3.8) is 0 Å². The van der Waals surface area contributed by atoms with Crippen molar-refractivity contribution in [2.24, 2.45) is 11.5 Å². The number of nitrogens with zero attached hydrogens (tertiary/aromatic N) is 2. The summed E-state index contributed by atoms with van der Waals surface area (Å²) in [5.41, 5.74) is 11.4. The third kappa shape index (κ3) is 3.22. The maximum Gasteiger partial charge on any atom is 0.240 e. The maximum atomic E-state index is 11.3. The molecule has 4 N–H and O–H groups in total. The van der Waals surface area contributed by atoms with Gasteiger partial charge < -0.3 is 16.4 Å². The average molecular weight is 246 g/mol. The summed E-state index contributed by atoms with van der Waals surface area (Å²) >= 11 is 0. The van der Waals surface area contributed by atoms with Gasteiger partial charge in [-0.3, -0.25) is 9.59 Å². The first-order valence-corrected chi connectivity index (χ1v) is 5.26. The number of anilines is 1. The number of carbonyl (C=O) groups is 2. The molecule has 0 saturated carbocycles. The zero-order chi connectivity index (χ0) is 13.7. The van der Waals surface area contributed by atoms with Crippen molar-refractivity contribution in [1.82, 2.24) is 0 Å². The Morgan fingerprint density at radius 1 is 1.44 bits per heavy atom. The predicted octanol–water partition coefficient (Wildman–Crippen LogP) is -0.276. The minimum atomic E-state index is -0.823. The molecule has 6 nitrogen and oxygen atoms in total. The molecule has 1 rings (SSSR count). The van der Waals surface area contributed by atoms with Gasteiger partial charge in [-0.2, -0.15) is 5.26 Å². The molecule has 0 radical (unpaired) electrons. The molecule has 0 bridgehead atoms. The van der Waals surface area contributed by atoms with Crippen LogP contribution in [-0.2, 0) is 9.59 Å². The molecule has 0 fully saturated rings. The summed E-state index contributed by atoms with van der Waals surface area (Å²) < 4.78 is 0. The molecule has 0 spiro atoms. The van der Waals surface area contributed by atoms with Gasteiger partial charge in [-0.05, 0) is 18.2 Å². The number of amides is 2. The predicted molar refractivity (Wildman–Crippen MR) is 66.4 cm³/mol. The van der Waals surface area contributed by atoms with Crippen molar-refractivity contribution in [2.75, 3.05) is 11.9 Å². The number of nitriles is 1. The van der Waals surface area contributed by atoms with Crippen LogP contribution in [0.25, 0.3) is 0 Å². The quantitative estimate of drug-likeness (QED) is 0.743. The van der Waals surface area contributed by atoms with Crippen LogP contribution in [0.4, 0.5) is 5.69 Å². The standard InChI is InChI=1S/C12H14N4O2/c1-16(10(12(15)18)6-11(14)17)9-4-2-3-8(5-9)7-13/h2-5,10H,6H2,1H3,(H2,14,17)(H2,15,18)/t10-/m0/s1. The topological polar surface area (TPSA) is 113 Å². The van der Waals surface area contributed by atoms with Crippen molar-refractivity contribution in [3.05, 3.63) is 29.8 Å². The molecule has 0 saturated heterocycles. The van der Waals surface area contributed by atoms with Crippen molar-refractivity contribution < 1.29 is 9.59 Å². The third-order valence-electron chi connectivity index (χ3n) is 2.57. The smallest absolute Gasteiger partial charge is 0.240 e. The number of carbonyl (C=O) groups excluding carboxylic acids is 2. The largest absolute Gasteiger partial charge is 0.370 e. The van der Waals surface area contributed by atoms with Gasteiger partial charge >= 0.3 is 0 Å². The van der Waals surface area contributed by atoms with Crippen molar-refractivity contribution in [2.45, 2.75) is 12.5 Å².